The minimum Gasteiger partial charge on any atom is -0.444 e. The second-order valence-corrected chi connectivity index (χ2v) is 14.9. The number of halogens is 2. The first kappa shape index (κ1) is 34.1. The Morgan fingerprint density at radius 2 is 1.73 bits per heavy atom. The fourth-order valence-corrected chi connectivity index (χ4v) is 7.57. The summed E-state index contributed by atoms with van der Waals surface area (Å²) in [5.74, 6) is -2.38. The van der Waals surface area contributed by atoms with E-state index in [0.29, 0.717) is 39.0 Å². The minimum atomic E-state index is -0.941. The number of fused-ring (bicyclic) bond motifs is 6. The van der Waals surface area contributed by atoms with Gasteiger partial charge in [0, 0.05) is 42.2 Å². The molecule has 5 heterocycles. The summed E-state index contributed by atoms with van der Waals surface area (Å²) < 4.78 is 41.5. The number of rotatable bonds is 3. The number of hydrogen-bond acceptors (Lipinski definition) is 7. The maximum Gasteiger partial charge on any atom is 0.410 e. The highest BCUT2D eigenvalue weighted by atomic mass is 19.1. The van der Waals surface area contributed by atoms with Crippen LogP contribution in [-0.4, -0.2) is 74.5 Å². The normalized spacial score (nSPS) is 17.8. The molecular formula is C38H41F2N7O4. The number of likely N-dealkylation sites (N-methyl/N-ethyl adjacent to an activating group) is 1. The molecule has 2 atom stereocenters. The Labute approximate surface area is 293 Å². The van der Waals surface area contributed by atoms with E-state index in [-0.39, 0.29) is 46.8 Å². The third kappa shape index (κ3) is 5.23. The van der Waals surface area contributed by atoms with E-state index in [0.717, 1.165) is 0 Å². The predicted octanol–water partition coefficient (Wildman–Crippen LogP) is 6.74. The number of benzene rings is 2. The fourth-order valence-electron chi connectivity index (χ4n) is 7.57. The average molecular weight is 698 g/mol. The number of hydrogen-bond donors (Lipinski definition) is 1. The molecule has 13 heteroatoms. The molecule has 11 nitrogen and oxygen atoms in total. The number of piperazine rings is 1. The molecule has 2 aliphatic heterocycles. The fraction of sp³-hybridized carbons (Fsp3) is 0.395. The van der Waals surface area contributed by atoms with E-state index in [4.69, 9.17) is 4.74 Å². The van der Waals surface area contributed by atoms with Crippen molar-refractivity contribution in [2.75, 3.05) is 29.9 Å². The number of aromatic nitrogens is 4. The van der Waals surface area contributed by atoms with Gasteiger partial charge in [-0.15, -0.1) is 0 Å². The lowest BCUT2D eigenvalue weighted by molar-refractivity contribution is -0.121. The lowest BCUT2D eigenvalue weighted by Gasteiger charge is -2.50. The molecular weight excluding hydrogens is 656 g/mol. The Bertz CT molecular complexity index is 2340. The van der Waals surface area contributed by atoms with Crippen LogP contribution in [-0.2, 0) is 9.53 Å². The van der Waals surface area contributed by atoms with Gasteiger partial charge in [-0.3, -0.25) is 24.2 Å². The average Bonchev–Trinajstić information content (AvgIpc) is 3.52. The molecule has 51 heavy (non-hydrogen) atoms. The maximum absolute atomic E-state index is 17.8. The van der Waals surface area contributed by atoms with Gasteiger partial charge in [0.05, 0.1) is 46.4 Å². The molecule has 1 fully saturated rings. The summed E-state index contributed by atoms with van der Waals surface area (Å²) in [6.07, 6.45) is 2.59. The van der Waals surface area contributed by atoms with Crippen molar-refractivity contribution in [2.24, 2.45) is 0 Å². The van der Waals surface area contributed by atoms with Crippen LogP contribution < -0.4 is 15.4 Å². The second-order valence-electron chi connectivity index (χ2n) is 14.9. The highest BCUT2D eigenvalue weighted by molar-refractivity contribution is 6.13. The van der Waals surface area contributed by atoms with Crippen molar-refractivity contribution in [2.45, 2.75) is 79.0 Å². The van der Waals surface area contributed by atoms with Crippen LogP contribution in [0.3, 0.4) is 0 Å². The molecule has 0 aliphatic carbocycles. The number of H-pyrrole nitrogens is 1. The van der Waals surface area contributed by atoms with Crippen LogP contribution in [0.2, 0.25) is 0 Å². The number of aryl methyl sites for hydroxylation is 2. The van der Waals surface area contributed by atoms with Crippen LogP contribution in [0.25, 0.3) is 38.6 Å². The highest BCUT2D eigenvalue weighted by Gasteiger charge is 2.47. The van der Waals surface area contributed by atoms with Gasteiger partial charge in [-0.05, 0) is 76.8 Å². The Balaban J connectivity index is 1.58. The quantitative estimate of drug-likeness (QED) is 0.222. The van der Waals surface area contributed by atoms with Crippen molar-refractivity contribution in [1.29, 1.82) is 0 Å². The number of nitrogens with zero attached hydrogens (tertiary/aromatic N) is 6. The van der Waals surface area contributed by atoms with Gasteiger partial charge < -0.3 is 19.4 Å². The van der Waals surface area contributed by atoms with Crippen LogP contribution in [0.15, 0.2) is 41.5 Å². The lowest BCUT2D eigenvalue weighted by atomic mass is 9.92. The topological polar surface area (TPSA) is 117 Å². The second kappa shape index (κ2) is 11.9. The molecule has 3 aromatic heterocycles. The van der Waals surface area contributed by atoms with Gasteiger partial charge in [0.2, 0.25) is 0 Å². The summed E-state index contributed by atoms with van der Waals surface area (Å²) in [5, 5.41) is 7.63. The Kier molecular flexibility index (Phi) is 7.95. The number of amides is 2. The Hall–Kier alpha value is -5.33. The third-order valence-electron chi connectivity index (χ3n) is 9.91. The molecule has 1 saturated heterocycles. The molecule has 7 rings (SSSR count). The van der Waals surface area contributed by atoms with E-state index in [1.54, 1.807) is 57.0 Å². The van der Waals surface area contributed by atoms with Gasteiger partial charge in [0.1, 0.15) is 23.1 Å². The zero-order chi connectivity index (χ0) is 36.8. The molecule has 1 N–H and O–H groups in total. The van der Waals surface area contributed by atoms with E-state index in [1.165, 1.54) is 33.7 Å². The summed E-state index contributed by atoms with van der Waals surface area (Å²) in [6, 6.07) is 5.14. The summed E-state index contributed by atoms with van der Waals surface area (Å²) in [7, 11) is 1.48. The van der Waals surface area contributed by atoms with E-state index in [9.17, 15) is 9.59 Å². The van der Waals surface area contributed by atoms with Crippen molar-refractivity contribution < 1.29 is 23.1 Å². The molecule has 0 spiro atoms. The van der Waals surface area contributed by atoms with Crippen LogP contribution in [0, 0.1) is 25.5 Å². The number of aromatic amines is 1. The minimum absolute atomic E-state index is 0.0145. The highest BCUT2D eigenvalue weighted by Crippen LogP contribution is 2.46. The predicted molar refractivity (Wildman–Crippen MR) is 193 cm³/mol. The summed E-state index contributed by atoms with van der Waals surface area (Å²) in [6.45, 7) is 14.6. The number of pyridine rings is 2. The zero-order valence-corrected chi connectivity index (χ0v) is 30.2. The largest absolute Gasteiger partial charge is 0.444 e. The van der Waals surface area contributed by atoms with E-state index >= 15 is 13.6 Å². The van der Waals surface area contributed by atoms with Crippen molar-refractivity contribution in [3.05, 3.63) is 75.5 Å². The van der Waals surface area contributed by atoms with Gasteiger partial charge in [-0.1, -0.05) is 19.9 Å². The Morgan fingerprint density at radius 3 is 2.41 bits per heavy atom. The number of anilines is 2. The first-order valence-corrected chi connectivity index (χ1v) is 17.0. The molecule has 0 saturated carbocycles. The van der Waals surface area contributed by atoms with E-state index in [2.05, 4.69) is 15.2 Å². The molecule has 5 aromatic rings. The van der Waals surface area contributed by atoms with Crippen LogP contribution in [0.1, 0.15) is 64.3 Å². The van der Waals surface area contributed by atoms with E-state index in [1.807, 2.05) is 27.7 Å². The van der Waals surface area contributed by atoms with Crippen molar-refractivity contribution in [1.82, 2.24) is 24.6 Å². The van der Waals surface area contributed by atoms with Crippen molar-refractivity contribution in [3.63, 3.8) is 0 Å². The van der Waals surface area contributed by atoms with Gasteiger partial charge in [-0.25, -0.2) is 13.6 Å². The van der Waals surface area contributed by atoms with Crippen molar-refractivity contribution >= 4 is 45.2 Å². The summed E-state index contributed by atoms with van der Waals surface area (Å²) >= 11 is 0. The van der Waals surface area contributed by atoms with Gasteiger partial charge >= 0.3 is 6.09 Å². The molecule has 2 aliphatic rings. The molecule has 0 unspecified atom stereocenters. The molecule has 266 valence electrons. The number of nitrogens with one attached hydrogen (secondary N) is 1. The van der Waals surface area contributed by atoms with Crippen molar-refractivity contribution in [3.8, 4) is 16.8 Å². The monoisotopic (exact) mass is 697 g/mol. The van der Waals surface area contributed by atoms with E-state index < -0.39 is 46.9 Å². The third-order valence-corrected chi connectivity index (χ3v) is 9.91. The first-order valence-electron chi connectivity index (χ1n) is 17.0. The molecule has 0 bridgehead atoms. The number of carbonyl (C=O) groups excluding carboxylic acids is 2. The molecule has 2 amide bonds. The zero-order valence-electron chi connectivity index (χ0n) is 30.2. The molecule has 2 aromatic carbocycles. The standard InChI is InChI=1S/C38H41F2N7O4/c1-18(2)30-31(20(4)12-13-41-30)47-32-22(14-24(39)28(29(32)40)27-19(3)10-11-25-23(27)15-42-43-25)33-34(36(47)49)44(9)35(48)26-17-45(21(5)16-46(26)33)37(50)51-38(6,7)8/h10-15,18,21,26H,16-17H2,1-9H3,(H,42,43)/t21-,26-/m1/s1. The van der Waals surface area contributed by atoms with Crippen LogP contribution in [0.5, 0.6) is 0 Å². The number of ether oxygens (including phenoxy) is 1. The van der Waals surface area contributed by atoms with Gasteiger partial charge in [0.25, 0.3) is 11.5 Å². The lowest BCUT2D eigenvalue weighted by Crippen LogP contribution is -2.66. The van der Waals surface area contributed by atoms with Gasteiger partial charge in [-0.2, -0.15) is 5.10 Å². The maximum atomic E-state index is 17.8. The Morgan fingerprint density at radius 1 is 1.00 bits per heavy atom. The first-order chi connectivity index (χ1) is 24.0. The van der Waals surface area contributed by atoms with Gasteiger partial charge in [0.15, 0.2) is 5.82 Å². The summed E-state index contributed by atoms with van der Waals surface area (Å²) in [5.41, 5.74) is 1.44. The molecule has 0 radical (unpaired) electrons. The smallest absolute Gasteiger partial charge is 0.410 e. The summed E-state index contributed by atoms with van der Waals surface area (Å²) in [4.78, 5) is 51.6. The van der Waals surface area contributed by atoms with Crippen LogP contribution >= 0.6 is 0 Å². The van der Waals surface area contributed by atoms with Crippen LogP contribution in [0.4, 0.5) is 25.0 Å². The number of carbonyl (C=O) groups is 2. The SMILES string of the molecule is Cc1ccnc(C(C)C)c1-n1c(=O)c2c(c3cc(F)c(-c4c(C)ccc5[nH]ncc45)c(F)c31)N1C[C@@H](C)N(C(=O)OC(C)(C)C)C[C@@H]1C(=O)N2C.